The molecule has 1 aromatic heterocycles. The van der Waals surface area contributed by atoms with Gasteiger partial charge in [0.05, 0.1) is 18.4 Å². The number of furan rings is 1. The lowest BCUT2D eigenvalue weighted by molar-refractivity contribution is -0.123. The number of hydrogen-bond donors (Lipinski definition) is 1. The van der Waals surface area contributed by atoms with E-state index in [1.165, 1.54) is 6.26 Å². The van der Waals surface area contributed by atoms with Crippen molar-refractivity contribution in [3.63, 3.8) is 0 Å². The Morgan fingerprint density at radius 2 is 1.96 bits per heavy atom. The SMILES string of the molecule is CCOC(=O)c1ccc(OCC(=O)N/N=C(\C)c2ccco2)cc1. The lowest BCUT2D eigenvalue weighted by Crippen LogP contribution is -2.25. The number of ether oxygens (including phenoxy) is 2. The molecule has 0 saturated heterocycles. The number of hydrazone groups is 1. The van der Waals surface area contributed by atoms with E-state index in [0.717, 1.165) is 0 Å². The summed E-state index contributed by atoms with van der Waals surface area (Å²) in [6, 6.07) is 9.81. The molecule has 1 amide bonds. The van der Waals surface area contributed by atoms with Crippen molar-refractivity contribution in [2.75, 3.05) is 13.2 Å². The van der Waals surface area contributed by atoms with Crippen molar-refractivity contribution >= 4 is 17.6 Å². The molecule has 1 N–H and O–H groups in total. The zero-order valence-corrected chi connectivity index (χ0v) is 13.4. The summed E-state index contributed by atoms with van der Waals surface area (Å²) in [5.41, 5.74) is 3.35. The molecule has 7 heteroatoms. The van der Waals surface area contributed by atoms with Gasteiger partial charge in [-0.15, -0.1) is 0 Å². The van der Waals surface area contributed by atoms with Gasteiger partial charge in [0, 0.05) is 0 Å². The van der Waals surface area contributed by atoms with E-state index in [-0.39, 0.29) is 6.61 Å². The highest BCUT2D eigenvalue weighted by molar-refractivity contribution is 5.96. The minimum atomic E-state index is -0.407. The Morgan fingerprint density at radius 3 is 2.58 bits per heavy atom. The van der Waals surface area contributed by atoms with E-state index < -0.39 is 11.9 Å². The number of nitrogens with one attached hydrogen (secondary N) is 1. The molecule has 0 atom stereocenters. The highest BCUT2D eigenvalue weighted by atomic mass is 16.5. The average molecular weight is 330 g/mol. The summed E-state index contributed by atoms with van der Waals surface area (Å²) in [5, 5.41) is 3.92. The summed E-state index contributed by atoms with van der Waals surface area (Å²) in [4.78, 5) is 23.2. The van der Waals surface area contributed by atoms with Crippen LogP contribution >= 0.6 is 0 Å². The van der Waals surface area contributed by atoms with Crippen molar-refractivity contribution in [3.05, 3.63) is 54.0 Å². The first-order valence-electron chi connectivity index (χ1n) is 7.37. The fraction of sp³-hybridized carbons (Fsp3) is 0.235. The average Bonchev–Trinajstić information content (AvgIpc) is 3.13. The summed E-state index contributed by atoms with van der Waals surface area (Å²) in [5.74, 6) is 0.232. The van der Waals surface area contributed by atoms with Crippen LogP contribution < -0.4 is 10.2 Å². The van der Waals surface area contributed by atoms with Gasteiger partial charge in [0.1, 0.15) is 17.2 Å². The largest absolute Gasteiger partial charge is 0.484 e. The third kappa shape index (κ3) is 4.98. The van der Waals surface area contributed by atoms with E-state index in [2.05, 4.69) is 10.5 Å². The summed E-state index contributed by atoms with van der Waals surface area (Å²) in [6.45, 7) is 3.57. The standard InChI is InChI=1S/C17H18N2O5/c1-3-22-17(21)13-6-8-14(9-7-13)24-11-16(20)19-18-12(2)15-5-4-10-23-15/h4-10H,3,11H2,1-2H3,(H,19,20)/b18-12+. The van der Waals surface area contributed by atoms with Crippen LogP contribution in [0.25, 0.3) is 0 Å². The molecule has 0 spiro atoms. The quantitative estimate of drug-likeness (QED) is 0.478. The van der Waals surface area contributed by atoms with Crippen molar-refractivity contribution in [1.82, 2.24) is 5.43 Å². The summed E-state index contributed by atoms with van der Waals surface area (Å²) in [7, 11) is 0. The number of amides is 1. The molecule has 24 heavy (non-hydrogen) atoms. The first-order chi connectivity index (χ1) is 11.6. The molecule has 2 aromatic rings. The Kier molecular flexibility index (Phi) is 6.13. The number of esters is 1. The molecule has 1 heterocycles. The Balaban J connectivity index is 1.81. The normalized spacial score (nSPS) is 11.0. The zero-order chi connectivity index (χ0) is 17.4. The van der Waals surface area contributed by atoms with E-state index in [9.17, 15) is 9.59 Å². The second-order valence-electron chi connectivity index (χ2n) is 4.74. The highest BCUT2D eigenvalue weighted by Crippen LogP contribution is 2.12. The second-order valence-corrected chi connectivity index (χ2v) is 4.74. The van der Waals surface area contributed by atoms with Gasteiger partial charge in [0.2, 0.25) is 0 Å². The third-order valence-corrected chi connectivity index (χ3v) is 2.96. The van der Waals surface area contributed by atoms with Gasteiger partial charge in [-0.2, -0.15) is 5.10 Å². The molecule has 0 saturated carbocycles. The van der Waals surface area contributed by atoms with Gasteiger partial charge in [-0.05, 0) is 50.2 Å². The number of carbonyl (C=O) groups is 2. The van der Waals surface area contributed by atoms with E-state index in [4.69, 9.17) is 13.9 Å². The first kappa shape index (κ1) is 17.3. The molecule has 0 fully saturated rings. The lowest BCUT2D eigenvalue weighted by atomic mass is 10.2. The zero-order valence-electron chi connectivity index (χ0n) is 13.4. The number of benzene rings is 1. The summed E-state index contributed by atoms with van der Waals surface area (Å²) in [6.07, 6.45) is 1.53. The number of carbonyl (C=O) groups excluding carboxylic acids is 2. The maximum atomic E-state index is 11.7. The van der Waals surface area contributed by atoms with Crippen LogP contribution in [0.3, 0.4) is 0 Å². The van der Waals surface area contributed by atoms with Gasteiger partial charge in [0.25, 0.3) is 5.91 Å². The number of hydrogen-bond acceptors (Lipinski definition) is 6. The van der Waals surface area contributed by atoms with E-state index in [1.807, 2.05) is 0 Å². The Labute approximate surface area is 139 Å². The fourth-order valence-electron chi connectivity index (χ4n) is 1.77. The summed E-state index contributed by atoms with van der Waals surface area (Å²) >= 11 is 0. The molecular weight excluding hydrogens is 312 g/mol. The molecule has 0 aliphatic carbocycles. The molecule has 126 valence electrons. The van der Waals surface area contributed by atoms with Crippen LogP contribution in [-0.2, 0) is 9.53 Å². The van der Waals surface area contributed by atoms with Crippen molar-refractivity contribution in [1.29, 1.82) is 0 Å². The van der Waals surface area contributed by atoms with E-state index >= 15 is 0 Å². The predicted molar refractivity (Wildman–Crippen MR) is 87.0 cm³/mol. The Bertz CT molecular complexity index is 705. The molecule has 1 aromatic carbocycles. The molecule has 0 unspecified atom stereocenters. The number of nitrogens with zero attached hydrogens (tertiary/aromatic N) is 1. The smallest absolute Gasteiger partial charge is 0.338 e. The maximum Gasteiger partial charge on any atom is 0.338 e. The molecule has 7 nitrogen and oxygen atoms in total. The fourth-order valence-corrected chi connectivity index (χ4v) is 1.77. The van der Waals surface area contributed by atoms with Gasteiger partial charge >= 0.3 is 5.97 Å². The molecule has 0 bridgehead atoms. The van der Waals surface area contributed by atoms with Gasteiger partial charge in [-0.1, -0.05) is 0 Å². The van der Waals surface area contributed by atoms with Crippen LogP contribution in [0.15, 0.2) is 52.2 Å². The second kappa shape index (κ2) is 8.52. The van der Waals surface area contributed by atoms with Gasteiger partial charge in [0.15, 0.2) is 6.61 Å². The van der Waals surface area contributed by atoms with Crippen LogP contribution in [0.4, 0.5) is 0 Å². The van der Waals surface area contributed by atoms with Crippen LogP contribution in [0, 0.1) is 0 Å². The summed E-state index contributed by atoms with van der Waals surface area (Å²) < 4.78 is 15.4. The predicted octanol–water partition coefficient (Wildman–Crippen LogP) is 2.38. The van der Waals surface area contributed by atoms with Crippen molar-refractivity contribution in [2.45, 2.75) is 13.8 Å². The van der Waals surface area contributed by atoms with Crippen molar-refractivity contribution in [3.8, 4) is 5.75 Å². The molecular formula is C17H18N2O5. The van der Waals surface area contributed by atoms with Gasteiger partial charge < -0.3 is 13.9 Å². The van der Waals surface area contributed by atoms with Crippen molar-refractivity contribution in [2.24, 2.45) is 5.10 Å². The Hall–Kier alpha value is -3.09. The highest BCUT2D eigenvalue weighted by Gasteiger charge is 2.07. The van der Waals surface area contributed by atoms with Crippen molar-refractivity contribution < 1.29 is 23.5 Å². The monoisotopic (exact) mass is 330 g/mol. The van der Waals surface area contributed by atoms with Gasteiger partial charge in [-0.3, -0.25) is 4.79 Å². The third-order valence-electron chi connectivity index (χ3n) is 2.96. The van der Waals surface area contributed by atoms with Crippen LogP contribution in [0.1, 0.15) is 30.0 Å². The first-order valence-corrected chi connectivity index (χ1v) is 7.37. The molecule has 0 aliphatic heterocycles. The minimum Gasteiger partial charge on any atom is -0.484 e. The van der Waals surface area contributed by atoms with E-state index in [0.29, 0.717) is 29.4 Å². The molecule has 0 radical (unpaired) electrons. The topological polar surface area (TPSA) is 90.1 Å². The molecule has 0 aliphatic rings. The van der Waals surface area contributed by atoms with Crippen LogP contribution in [0.2, 0.25) is 0 Å². The van der Waals surface area contributed by atoms with Crippen LogP contribution in [0.5, 0.6) is 5.75 Å². The number of rotatable bonds is 7. The maximum absolute atomic E-state index is 11.7. The van der Waals surface area contributed by atoms with E-state index in [1.54, 1.807) is 50.2 Å². The van der Waals surface area contributed by atoms with Crippen LogP contribution in [-0.4, -0.2) is 30.8 Å². The Morgan fingerprint density at radius 1 is 1.21 bits per heavy atom. The molecule has 2 rings (SSSR count). The lowest BCUT2D eigenvalue weighted by Gasteiger charge is -2.06. The minimum absolute atomic E-state index is 0.201. The van der Waals surface area contributed by atoms with Gasteiger partial charge in [-0.25, -0.2) is 10.2 Å².